The van der Waals surface area contributed by atoms with Crippen LogP contribution in [0.3, 0.4) is 0 Å². The van der Waals surface area contributed by atoms with E-state index in [1.54, 1.807) is 0 Å². The van der Waals surface area contributed by atoms with Crippen LogP contribution in [0.2, 0.25) is 5.02 Å². The molecule has 0 aliphatic heterocycles. The van der Waals surface area contributed by atoms with E-state index in [1.807, 2.05) is 6.92 Å². The number of carbonyl (C=O) groups is 1. The molecule has 0 saturated heterocycles. The Balaban J connectivity index is 2.55. The molecular formula is C15H15ClFN2O2+. The predicted molar refractivity (Wildman–Crippen MR) is 75.9 cm³/mol. The molecule has 4 nitrogen and oxygen atoms in total. The Morgan fingerprint density at radius 1 is 1.48 bits per heavy atom. The summed E-state index contributed by atoms with van der Waals surface area (Å²) in [5.41, 5.74) is 5.98. The molecule has 0 aliphatic rings. The summed E-state index contributed by atoms with van der Waals surface area (Å²) in [7, 11) is 0. The first-order valence-corrected chi connectivity index (χ1v) is 6.82. The Morgan fingerprint density at radius 3 is 2.81 bits per heavy atom. The number of nitrogens with two attached hydrogens (primary N) is 1. The predicted octanol–water partition coefficient (Wildman–Crippen LogP) is 2.64. The molecule has 1 unspecified atom stereocenters. The molecule has 0 bridgehead atoms. The molecule has 0 amide bonds. The molecule has 0 saturated carbocycles. The number of hydrogen-bond acceptors (Lipinski definition) is 3. The molecule has 0 aliphatic carbocycles. The number of benzene rings is 1. The second-order valence-electron chi connectivity index (χ2n) is 4.64. The number of halogens is 2. The van der Waals surface area contributed by atoms with Crippen molar-refractivity contribution in [2.45, 2.75) is 19.4 Å². The van der Waals surface area contributed by atoms with Crippen molar-refractivity contribution in [2.24, 2.45) is 5.73 Å². The zero-order chi connectivity index (χ0) is 15.6. The van der Waals surface area contributed by atoms with Crippen LogP contribution in [0.4, 0.5) is 4.39 Å². The molecule has 1 aromatic heterocycles. The second kappa shape index (κ2) is 6.20. The van der Waals surface area contributed by atoms with E-state index in [4.69, 9.17) is 17.3 Å². The molecule has 3 N–H and O–H groups in total. The van der Waals surface area contributed by atoms with Gasteiger partial charge in [-0.3, -0.25) is 10.0 Å². The Kier molecular flexibility index (Phi) is 4.55. The minimum atomic E-state index is -0.713. The molecule has 21 heavy (non-hydrogen) atoms. The van der Waals surface area contributed by atoms with Crippen LogP contribution >= 0.6 is 11.6 Å². The molecule has 1 atom stereocenters. The minimum Gasteiger partial charge on any atom is -0.324 e. The number of rotatable bonds is 4. The fourth-order valence-electron chi connectivity index (χ4n) is 2.03. The maximum atomic E-state index is 14.6. The minimum absolute atomic E-state index is 0.0119. The van der Waals surface area contributed by atoms with Crippen molar-refractivity contribution in [1.82, 2.24) is 0 Å². The fourth-order valence-corrected chi connectivity index (χ4v) is 2.26. The normalized spacial score (nSPS) is 12.2. The highest BCUT2D eigenvalue weighted by Crippen LogP contribution is 2.28. The van der Waals surface area contributed by atoms with Crippen LogP contribution < -0.4 is 10.5 Å². The van der Waals surface area contributed by atoms with Gasteiger partial charge in [-0.15, -0.1) is 0 Å². The van der Waals surface area contributed by atoms with Gasteiger partial charge in [0.05, 0.1) is 16.1 Å². The topological polar surface area (TPSA) is 67.2 Å². The molecule has 1 heterocycles. The number of aromatic nitrogens is 1. The van der Waals surface area contributed by atoms with E-state index in [0.717, 1.165) is 4.73 Å². The van der Waals surface area contributed by atoms with Gasteiger partial charge in [-0.25, -0.2) is 4.39 Å². The summed E-state index contributed by atoms with van der Waals surface area (Å²) >= 11 is 5.96. The van der Waals surface area contributed by atoms with E-state index in [-0.39, 0.29) is 21.7 Å². The van der Waals surface area contributed by atoms with Crippen molar-refractivity contribution in [3.8, 4) is 0 Å². The van der Waals surface area contributed by atoms with Gasteiger partial charge in [-0.2, -0.15) is 0 Å². The van der Waals surface area contributed by atoms with Gasteiger partial charge in [0.1, 0.15) is 5.82 Å². The molecule has 0 spiro atoms. The third-order valence-electron chi connectivity index (χ3n) is 3.24. The van der Waals surface area contributed by atoms with Crippen LogP contribution in [0.5, 0.6) is 0 Å². The Morgan fingerprint density at radius 2 is 2.19 bits per heavy atom. The standard InChI is InChI=1S/C15H15ClFN2O2/c1-2-12(18)10-5-6-11(16)13(14(10)17)15(20)9-4-3-7-19(21)8-9/h3-8,12,21H,2,18H2,1H3/q+1. The van der Waals surface area contributed by atoms with Gasteiger partial charge in [0.15, 0.2) is 0 Å². The van der Waals surface area contributed by atoms with E-state index < -0.39 is 17.6 Å². The monoisotopic (exact) mass is 309 g/mol. The highest BCUT2D eigenvalue weighted by Gasteiger charge is 2.24. The molecule has 0 fully saturated rings. The maximum Gasteiger partial charge on any atom is 0.233 e. The van der Waals surface area contributed by atoms with Gasteiger partial charge in [-0.1, -0.05) is 24.6 Å². The first-order chi connectivity index (χ1) is 9.95. The third kappa shape index (κ3) is 3.04. The van der Waals surface area contributed by atoms with Crippen LogP contribution in [-0.4, -0.2) is 11.0 Å². The van der Waals surface area contributed by atoms with Crippen LogP contribution in [0, 0.1) is 5.82 Å². The number of carbonyl (C=O) groups excluding carboxylic acids is 1. The largest absolute Gasteiger partial charge is 0.324 e. The van der Waals surface area contributed by atoms with E-state index >= 15 is 0 Å². The van der Waals surface area contributed by atoms with Crippen molar-refractivity contribution in [2.75, 3.05) is 0 Å². The highest BCUT2D eigenvalue weighted by atomic mass is 35.5. The summed E-state index contributed by atoms with van der Waals surface area (Å²) in [6.45, 7) is 1.83. The number of hydrogen-bond donors (Lipinski definition) is 2. The lowest BCUT2D eigenvalue weighted by molar-refractivity contribution is -0.904. The highest BCUT2D eigenvalue weighted by molar-refractivity contribution is 6.35. The number of nitrogens with zero attached hydrogens (tertiary/aromatic N) is 1. The van der Waals surface area contributed by atoms with Gasteiger partial charge < -0.3 is 5.73 Å². The van der Waals surface area contributed by atoms with Crippen molar-refractivity contribution in [3.05, 3.63) is 64.2 Å². The SMILES string of the molecule is CCC(N)c1ccc(Cl)c(C(=O)c2ccc[n+](O)c2)c1F. The molecule has 2 aromatic rings. The fraction of sp³-hybridized carbons (Fsp3) is 0.200. The van der Waals surface area contributed by atoms with Crippen LogP contribution in [0.25, 0.3) is 0 Å². The molecule has 110 valence electrons. The zero-order valence-electron chi connectivity index (χ0n) is 11.4. The summed E-state index contributed by atoms with van der Waals surface area (Å²) in [5, 5.41) is 9.36. The maximum absolute atomic E-state index is 14.6. The Labute approximate surface area is 126 Å². The van der Waals surface area contributed by atoms with E-state index in [9.17, 15) is 14.4 Å². The molecule has 6 heteroatoms. The summed E-state index contributed by atoms with van der Waals surface area (Å²) in [6.07, 6.45) is 3.07. The molecule has 0 radical (unpaired) electrons. The summed E-state index contributed by atoms with van der Waals surface area (Å²) in [4.78, 5) is 12.4. The number of ketones is 1. The average Bonchev–Trinajstić information content (AvgIpc) is 2.46. The lowest BCUT2D eigenvalue weighted by Gasteiger charge is -2.13. The molecule has 2 rings (SSSR count). The van der Waals surface area contributed by atoms with Gasteiger partial charge in [0.2, 0.25) is 18.2 Å². The van der Waals surface area contributed by atoms with Gasteiger partial charge in [0.25, 0.3) is 0 Å². The Bertz CT molecular complexity index is 691. The second-order valence-corrected chi connectivity index (χ2v) is 5.05. The first-order valence-electron chi connectivity index (χ1n) is 6.44. The quantitative estimate of drug-likeness (QED) is 0.518. The van der Waals surface area contributed by atoms with Crippen LogP contribution in [-0.2, 0) is 0 Å². The van der Waals surface area contributed by atoms with Crippen molar-refractivity contribution in [3.63, 3.8) is 0 Å². The number of pyridine rings is 1. The average molecular weight is 310 g/mol. The van der Waals surface area contributed by atoms with Crippen LogP contribution in [0.15, 0.2) is 36.7 Å². The smallest absolute Gasteiger partial charge is 0.233 e. The van der Waals surface area contributed by atoms with Crippen molar-refractivity contribution >= 4 is 17.4 Å². The summed E-state index contributed by atoms with van der Waals surface area (Å²) in [6, 6.07) is 5.38. The van der Waals surface area contributed by atoms with Crippen LogP contribution in [0.1, 0.15) is 40.9 Å². The Hall–Kier alpha value is -1.98. The first kappa shape index (κ1) is 15.4. The van der Waals surface area contributed by atoms with Gasteiger partial charge in [0, 0.05) is 22.4 Å². The van der Waals surface area contributed by atoms with E-state index in [1.165, 1.54) is 36.7 Å². The van der Waals surface area contributed by atoms with E-state index in [0.29, 0.717) is 6.42 Å². The van der Waals surface area contributed by atoms with Gasteiger partial charge in [-0.05, 0) is 18.6 Å². The van der Waals surface area contributed by atoms with Gasteiger partial charge >= 0.3 is 0 Å². The summed E-state index contributed by atoms with van der Waals surface area (Å²) in [5.74, 6) is -1.32. The van der Waals surface area contributed by atoms with Crippen molar-refractivity contribution in [1.29, 1.82) is 0 Å². The lowest BCUT2D eigenvalue weighted by Crippen LogP contribution is -2.29. The van der Waals surface area contributed by atoms with Crippen molar-refractivity contribution < 1.29 is 19.1 Å². The van der Waals surface area contributed by atoms with E-state index in [2.05, 4.69) is 0 Å². The third-order valence-corrected chi connectivity index (χ3v) is 3.55. The zero-order valence-corrected chi connectivity index (χ0v) is 12.1. The molecular weight excluding hydrogens is 295 g/mol. The molecule has 1 aromatic carbocycles. The lowest BCUT2D eigenvalue weighted by atomic mass is 9.97. The summed E-state index contributed by atoms with van der Waals surface area (Å²) < 4.78 is 15.3.